The number of rotatable bonds is 3. The van der Waals surface area contributed by atoms with Gasteiger partial charge in [0.2, 0.25) is 0 Å². The van der Waals surface area contributed by atoms with Gasteiger partial charge in [0.05, 0.1) is 11.1 Å². The second kappa shape index (κ2) is 5.63. The number of nitrogens with zero attached hydrogens (tertiary/aromatic N) is 1. The topological polar surface area (TPSA) is 66.8 Å². The van der Waals surface area contributed by atoms with Crippen LogP contribution in [-0.2, 0) is 0 Å². The summed E-state index contributed by atoms with van der Waals surface area (Å²) in [5, 5.41) is 8.82. The first-order valence-electron chi connectivity index (χ1n) is 6.20. The monoisotopic (exact) mass is 303 g/mol. The van der Waals surface area contributed by atoms with Crippen molar-refractivity contribution in [2.45, 2.75) is 19.2 Å². The largest absolute Gasteiger partial charge is 0.573 e. The van der Waals surface area contributed by atoms with Crippen molar-refractivity contribution >= 4 is 11.9 Å². The summed E-state index contributed by atoms with van der Waals surface area (Å²) in [6.07, 6.45) is -3.43. The van der Waals surface area contributed by atoms with E-state index in [-0.39, 0.29) is 11.1 Å². The van der Waals surface area contributed by atoms with Gasteiger partial charge in [-0.25, -0.2) is 4.79 Å². The first-order valence-corrected chi connectivity index (χ1v) is 6.20. The van der Waals surface area contributed by atoms with Crippen LogP contribution in [0.15, 0.2) is 18.2 Å². The number of carbonyl (C=O) groups excluding carboxylic acids is 1. The fraction of sp³-hybridized carbons (Fsp3) is 0.385. The van der Waals surface area contributed by atoms with Gasteiger partial charge < -0.3 is 14.7 Å². The summed E-state index contributed by atoms with van der Waals surface area (Å²) in [6, 6.07) is 2.83. The van der Waals surface area contributed by atoms with Crippen molar-refractivity contribution in [2.75, 3.05) is 13.1 Å². The lowest BCUT2D eigenvalue weighted by Gasteiger charge is -2.18. The van der Waals surface area contributed by atoms with Crippen molar-refractivity contribution in [3.8, 4) is 5.75 Å². The number of carboxylic acid groups (broad SMARTS) is 1. The highest BCUT2D eigenvalue weighted by atomic mass is 19.4. The van der Waals surface area contributed by atoms with E-state index < -0.39 is 24.0 Å². The van der Waals surface area contributed by atoms with Crippen LogP contribution in [0, 0.1) is 0 Å². The minimum absolute atomic E-state index is 0.292. The molecule has 0 atom stereocenters. The predicted octanol–water partition coefficient (Wildman–Crippen LogP) is 2.52. The molecule has 0 saturated carbocycles. The van der Waals surface area contributed by atoms with Crippen LogP contribution < -0.4 is 4.74 Å². The number of amides is 1. The summed E-state index contributed by atoms with van der Waals surface area (Å²) < 4.78 is 41.0. The highest BCUT2D eigenvalue weighted by Gasteiger charge is 2.34. The first kappa shape index (κ1) is 15.1. The first-order chi connectivity index (χ1) is 9.78. The minimum atomic E-state index is -5.00. The Labute approximate surface area is 117 Å². The SMILES string of the molecule is O=C(O)c1ccc(C(=O)N2CCCC2)c(OC(F)(F)F)c1. The molecule has 8 heteroatoms. The molecule has 1 heterocycles. The van der Waals surface area contributed by atoms with Gasteiger partial charge in [-0.15, -0.1) is 13.2 Å². The average molecular weight is 303 g/mol. The molecule has 5 nitrogen and oxygen atoms in total. The van der Waals surface area contributed by atoms with Crippen molar-refractivity contribution in [1.82, 2.24) is 4.90 Å². The number of alkyl halides is 3. The van der Waals surface area contributed by atoms with Gasteiger partial charge in [0.25, 0.3) is 5.91 Å². The van der Waals surface area contributed by atoms with E-state index in [4.69, 9.17) is 5.11 Å². The molecule has 0 aromatic heterocycles. The molecule has 114 valence electrons. The number of carbonyl (C=O) groups is 2. The minimum Gasteiger partial charge on any atom is -0.478 e. The number of aromatic carboxylic acids is 1. The van der Waals surface area contributed by atoms with Gasteiger partial charge in [0, 0.05) is 13.1 Å². The van der Waals surface area contributed by atoms with Crippen LogP contribution in [0.5, 0.6) is 5.75 Å². The Balaban J connectivity index is 2.38. The van der Waals surface area contributed by atoms with Crippen LogP contribution in [0.1, 0.15) is 33.6 Å². The Morgan fingerprint density at radius 1 is 1.19 bits per heavy atom. The summed E-state index contributed by atoms with van der Waals surface area (Å²) in [5.41, 5.74) is -0.675. The van der Waals surface area contributed by atoms with E-state index in [0.29, 0.717) is 19.2 Å². The number of ether oxygens (including phenoxy) is 1. The van der Waals surface area contributed by atoms with Crippen LogP contribution in [0.25, 0.3) is 0 Å². The molecule has 21 heavy (non-hydrogen) atoms. The summed E-state index contributed by atoms with van der Waals surface area (Å²) >= 11 is 0. The van der Waals surface area contributed by atoms with Gasteiger partial charge >= 0.3 is 12.3 Å². The molecular formula is C13H12F3NO4. The van der Waals surface area contributed by atoms with Gasteiger partial charge in [-0.3, -0.25) is 4.79 Å². The third-order valence-electron chi connectivity index (χ3n) is 3.08. The van der Waals surface area contributed by atoms with E-state index in [1.54, 1.807) is 0 Å². The van der Waals surface area contributed by atoms with Crippen LogP contribution >= 0.6 is 0 Å². The second-order valence-electron chi connectivity index (χ2n) is 4.56. The Morgan fingerprint density at radius 2 is 1.81 bits per heavy atom. The van der Waals surface area contributed by atoms with Crippen molar-refractivity contribution in [1.29, 1.82) is 0 Å². The van der Waals surface area contributed by atoms with Gasteiger partial charge in [-0.05, 0) is 31.0 Å². The zero-order valence-electron chi connectivity index (χ0n) is 10.8. The molecule has 1 amide bonds. The average Bonchev–Trinajstić information content (AvgIpc) is 2.89. The molecule has 1 aromatic carbocycles. The zero-order valence-corrected chi connectivity index (χ0v) is 10.8. The summed E-state index contributed by atoms with van der Waals surface area (Å²) in [4.78, 5) is 24.4. The molecule has 0 unspecified atom stereocenters. The molecular weight excluding hydrogens is 291 g/mol. The molecule has 1 N–H and O–H groups in total. The van der Waals surface area contributed by atoms with Crippen molar-refractivity contribution in [3.63, 3.8) is 0 Å². The molecule has 0 aliphatic carbocycles. The lowest BCUT2D eigenvalue weighted by molar-refractivity contribution is -0.274. The maximum Gasteiger partial charge on any atom is 0.573 e. The third-order valence-corrected chi connectivity index (χ3v) is 3.08. The quantitative estimate of drug-likeness (QED) is 0.931. The molecule has 0 bridgehead atoms. The number of carboxylic acids is 1. The highest BCUT2D eigenvalue weighted by molar-refractivity contribution is 5.99. The second-order valence-corrected chi connectivity index (χ2v) is 4.56. The Morgan fingerprint density at radius 3 is 2.33 bits per heavy atom. The zero-order chi connectivity index (χ0) is 15.6. The van der Waals surface area contributed by atoms with E-state index in [9.17, 15) is 22.8 Å². The molecule has 1 aromatic rings. The van der Waals surface area contributed by atoms with Crippen molar-refractivity contribution in [3.05, 3.63) is 29.3 Å². The van der Waals surface area contributed by atoms with Crippen LogP contribution in [-0.4, -0.2) is 41.3 Å². The normalized spacial score (nSPS) is 15.1. The molecule has 2 rings (SSSR count). The van der Waals surface area contributed by atoms with E-state index in [0.717, 1.165) is 25.0 Å². The van der Waals surface area contributed by atoms with Gasteiger partial charge in [-0.1, -0.05) is 0 Å². The van der Waals surface area contributed by atoms with Crippen LogP contribution in [0.2, 0.25) is 0 Å². The Bertz CT molecular complexity index is 565. The fourth-order valence-corrected chi connectivity index (χ4v) is 2.13. The lowest BCUT2D eigenvalue weighted by Crippen LogP contribution is -2.29. The molecule has 1 fully saturated rings. The maximum atomic E-state index is 12.4. The van der Waals surface area contributed by atoms with Crippen LogP contribution in [0.4, 0.5) is 13.2 Å². The smallest absolute Gasteiger partial charge is 0.478 e. The standard InChI is InChI=1S/C13H12F3NO4/c14-13(15,16)21-10-7-8(12(19)20)3-4-9(10)11(18)17-5-1-2-6-17/h3-4,7H,1-2,5-6H2,(H,19,20). The Hall–Kier alpha value is -2.25. The fourth-order valence-electron chi connectivity index (χ4n) is 2.13. The molecule has 1 aliphatic rings. The van der Waals surface area contributed by atoms with E-state index in [1.165, 1.54) is 4.90 Å². The van der Waals surface area contributed by atoms with Gasteiger partial charge in [0.1, 0.15) is 5.75 Å². The number of likely N-dealkylation sites (tertiary alicyclic amines) is 1. The lowest BCUT2D eigenvalue weighted by atomic mass is 10.1. The van der Waals surface area contributed by atoms with Crippen molar-refractivity contribution < 1.29 is 32.6 Å². The Kier molecular flexibility index (Phi) is 4.06. The molecule has 0 spiro atoms. The number of benzene rings is 1. The molecule has 1 aliphatic heterocycles. The summed E-state index contributed by atoms with van der Waals surface area (Å²) in [7, 11) is 0. The summed E-state index contributed by atoms with van der Waals surface area (Å²) in [6.45, 7) is 0.927. The molecule has 1 saturated heterocycles. The number of hydrogen-bond donors (Lipinski definition) is 1. The van der Waals surface area contributed by atoms with Crippen molar-refractivity contribution in [2.24, 2.45) is 0 Å². The van der Waals surface area contributed by atoms with E-state index in [1.807, 2.05) is 0 Å². The van der Waals surface area contributed by atoms with E-state index >= 15 is 0 Å². The molecule has 0 radical (unpaired) electrons. The van der Waals surface area contributed by atoms with Crippen LogP contribution in [0.3, 0.4) is 0 Å². The van der Waals surface area contributed by atoms with E-state index in [2.05, 4.69) is 4.74 Å². The maximum absolute atomic E-state index is 12.4. The van der Waals surface area contributed by atoms with Gasteiger partial charge in [-0.2, -0.15) is 0 Å². The number of halogens is 3. The summed E-state index contributed by atoms with van der Waals surface area (Å²) in [5.74, 6) is -2.79. The highest BCUT2D eigenvalue weighted by Crippen LogP contribution is 2.29. The van der Waals surface area contributed by atoms with Gasteiger partial charge in [0.15, 0.2) is 0 Å². The number of hydrogen-bond acceptors (Lipinski definition) is 3. The predicted molar refractivity (Wildman–Crippen MR) is 65.2 cm³/mol. The third kappa shape index (κ3) is 3.65.